The van der Waals surface area contributed by atoms with Gasteiger partial charge in [-0.2, -0.15) is 0 Å². The Morgan fingerprint density at radius 2 is 1.81 bits per heavy atom. The van der Waals surface area contributed by atoms with Crippen LogP contribution in [0.1, 0.15) is 11.1 Å². The average Bonchev–Trinajstić information content (AvgIpc) is 2.56. The highest BCUT2D eigenvalue weighted by Crippen LogP contribution is 2.25. The number of nitro benzene ring substituents is 1. The van der Waals surface area contributed by atoms with Gasteiger partial charge in [-0.05, 0) is 61.5 Å². The first-order chi connectivity index (χ1) is 12.3. The van der Waals surface area contributed by atoms with Crippen LogP contribution in [0.15, 0.2) is 40.9 Å². The molecular formula is C17H16BrN3O4S. The lowest BCUT2D eigenvalue weighted by atomic mass is 10.1. The Kier molecular flexibility index (Phi) is 6.64. The van der Waals surface area contributed by atoms with Crippen molar-refractivity contribution in [3.8, 4) is 5.75 Å². The number of nitrogens with zero attached hydrogens (tertiary/aromatic N) is 1. The minimum absolute atomic E-state index is 0.0487. The quantitative estimate of drug-likeness (QED) is 0.418. The molecular weight excluding hydrogens is 422 g/mol. The summed E-state index contributed by atoms with van der Waals surface area (Å²) in [5.41, 5.74) is 2.74. The van der Waals surface area contributed by atoms with Gasteiger partial charge < -0.3 is 10.1 Å². The fraction of sp³-hybridized carbons (Fsp3) is 0.176. The highest BCUT2D eigenvalue weighted by molar-refractivity contribution is 9.10. The Morgan fingerprint density at radius 3 is 2.35 bits per heavy atom. The zero-order valence-electron chi connectivity index (χ0n) is 14.0. The number of ether oxygens (including phenoxy) is 1. The zero-order valence-corrected chi connectivity index (χ0v) is 16.4. The fourth-order valence-electron chi connectivity index (χ4n) is 2.23. The van der Waals surface area contributed by atoms with Crippen molar-refractivity contribution in [2.24, 2.45) is 0 Å². The number of benzene rings is 2. The van der Waals surface area contributed by atoms with Crippen LogP contribution in [0.4, 0.5) is 11.4 Å². The number of hydrogen-bond acceptors (Lipinski definition) is 5. The molecule has 0 saturated carbocycles. The molecule has 0 aliphatic rings. The van der Waals surface area contributed by atoms with Crippen molar-refractivity contribution in [2.45, 2.75) is 13.8 Å². The molecule has 0 aliphatic carbocycles. The van der Waals surface area contributed by atoms with Gasteiger partial charge in [0.05, 0.1) is 4.92 Å². The SMILES string of the molecule is Cc1cc(Br)cc(C)c1NC(=S)NC(=O)COc1ccc([N+](=O)[O-])cc1. The number of halogens is 1. The number of carbonyl (C=O) groups excluding carboxylic acids is 1. The molecule has 0 aromatic heterocycles. The van der Waals surface area contributed by atoms with E-state index in [4.69, 9.17) is 17.0 Å². The van der Waals surface area contributed by atoms with Crippen molar-refractivity contribution in [1.82, 2.24) is 5.32 Å². The molecule has 2 aromatic rings. The van der Waals surface area contributed by atoms with Crippen LogP contribution >= 0.6 is 28.1 Å². The second-order valence-corrected chi connectivity index (χ2v) is 6.78. The van der Waals surface area contributed by atoms with E-state index in [1.165, 1.54) is 24.3 Å². The molecule has 2 N–H and O–H groups in total. The normalized spacial score (nSPS) is 10.1. The molecule has 0 bridgehead atoms. The summed E-state index contributed by atoms with van der Waals surface area (Å²) in [4.78, 5) is 22.0. The van der Waals surface area contributed by atoms with E-state index in [1.807, 2.05) is 26.0 Å². The van der Waals surface area contributed by atoms with Crippen LogP contribution < -0.4 is 15.4 Å². The fourth-order valence-corrected chi connectivity index (χ4v) is 3.13. The summed E-state index contributed by atoms with van der Waals surface area (Å²) in [6.45, 7) is 3.60. The van der Waals surface area contributed by atoms with Crippen LogP contribution in [0.5, 0.6) is 5.75 Å². The van der Waals surface area contributed by atoms with E-state index in [9.17, 15) is 14.9 Å². The number of nitro groups is 1. The standard InChI is InChI=1S/C17H16BrN3O4S/c1-10-7-12(18)8-11(2)16(10)20-17(26)19-15(22)9-25-14-5-3-13(4-6-14)21(23)24/h3-8H,9H2,1-2H3,(H2,19,20,22,26). The molecule has 2 rings (SSSR count). The van der Waals surface area contributed by atoms with Crippen LogP contribution in [-0.2, 0) is 4.79 Å². The molecule has 9 heteroatoms. The lowest BCUT2D eigenvalue weighted by Crippen LogP contribution is -2.37. The van der Waals surface area contributed by atoms with Gasteiger partial charge in [-0.25, -0.2) is 0 Å². The lowest BCUT2D eigenvalue weighted by molar-refractivity contribution is -0.384. The summed E-state index contributed by atoms with van der Waals surface area (Å²) in [6.07, 6.45) is 0. The minimum atomic E-state index is -0.507. The second-order valence-electron chi connectivity index (χ2n) is 5.46. The molecule has 7 nitrogen and oxygen atoms in total. The summed E-state index contributed by atoms with van der Waals surface area (Å²) in [7, 11) is 0. The summed E-state index contributed by atoms with van der Waals surface area (Å²) in [6, 6.07) is 9.35. The predicted molar refractivity (Wildman–Crippen MR) is 107 cm³/mol. The van der Waals surface area contributed by atoms with Crippen LogP contribution in [0, 0.1) is 24.0 Å². The molecule has 0 unspecified atom stereocenters. The Hall–Kier alpha value is -2.52. The van der Waals surface area contributed by atoms with E-state index in [0.29, 0.717) is 5.75 Å². The largest absolute Gasteiger partial charge is 0.484 e. The summed E-state index contributed by atoms with van der Waals surface area (Å²) in [5.74, 6) is -0.0857. The molecule has 0 fully saturated rings. The molecule has 0 aliphatic heterocycles. The van der Waals surface area contributed by atoms with Gasteiger partial charge in [0.15, 0.2) is 11.7 Å². The number of hydrogen-bond donors (Lipinski definition) is 2. The highest BCUT2D eigenvalue weighted by atomic mass is 79.9. The Balaban J connectivity index is 1.87. The third-order valence-corrected chi connectivity index (χ3v) is 4.07. The molecule has 2 aromatic carbocycles. The Morgan fingerprint density at radius 1 is 1.23 bits per heavy atom. The van der Waals surface area contributed by atoms with Crippen molar-refractivity contribution in [1.29, 1.82) is 0 Å². The van der Waals surface area contributed by atoms with Gasteiger partial charge in [-0.15, -0.1) is 0 Å². The van der Waals surface area contributed by atoms with Crippen molar-refractivity contribution < 1.29 is 14.5 Å². The number of anilines is 1. The van der Waals surface area contributed by atoms with Crippen LogP contribution in [-0.4, -0.2) is 22.5 Å². The van der Waals surface area contributed by atoms with Gasteiger partial charge in [-0.1, -0.05) is 15.9 Å². The minimum Gasteiger partial charge on any atom is -0.484 e. The first kappa shape index (κ1) is 19.8. The first-order valence-electron chi connectivity index (χ1n) is 7.51. The van der Waals surface area contributed by atoms with Crippen LogP contribution in [0.2, 0.25) is 0 Å². The molecule has 0 heterocycles. The zero-order chi connectivity index (χ0) is 19.3. The Bertz CT molecular complexity index is 833. The van der Waals surface area contributed by atoms with Gasteiger partial charge in [0.2, 0.25) is 0 Å². The highest BCUT2D eigenvalue weighted by Gasteiger charge is 2.10. The monoisotopic (exact) mass is 437 g/mol. The molecule has 0 saturated heterocycles. The lowest BCUT2D eigenvalue weighted by Gasteiger charge is -2.15. The van der Waals surface area contributed by atoms with Gasteiger partial charge >= 0.3 is 0 Å². The van der Waals surface area contributed by atoms with Gasteiger partial charge in [0.1, 0.15) is 5.75 Å². The van der Waals surface area contributed by atoms with Crippen molar-refractivity contribution >= 4 is 50.5 Å². The maximum Gasteiger partial charge on any atom is 0.269 e. The molecule has 26 heavy (non-hydrogen) atoms. The second kappa shape index (κ2) is 8.72. The number of non-ortho nitro benzene ring substituents is 1. The van der Waals surface area contributed by atoms with Gasteiger partial charge in [0.25, 0.3) is 11.6 Å². The van der Waals surface area contributed by atoms with Crippen molar-refractivity contribution in [2.75, 3.05) is 11.9 Å². The number of rotatable bonds is 5. The number of aryl methyl sites for hydroxylation is 2. The van der Waals surface area contributed by atoms with Crippen molar-refractivity contribution in [3.05, 3.63) is 62.1 Å². The predicted octanol–water partition coefficient (Wildman–Crippen LogP) is 3.87. The summed E-state index contributed by atoms with van der Waals surface area (Å²) in [5, 5.41) is 16.3. The van der Waals surface area contributed by atoms with Crippen molar-refractivity contribution in [3.63, 3.8) is 0 Å². The first-order valence-corrected chi connectivity index (χ1v) is 8.71. The van der Waals surface area contributed by atoms with Crippen LogP contribution in [0.25, 0.3) is 0 Å². The van der Waals surface area contributed by atoms with E-state index < -0.39 is 10.8 Å². The molecule has 1 amide bonds. The Labute approximate surface area is 164 Å². The molecule has 0 radical (unpaired) electrons. The number of thiocarbonyl (C=S) groups is 1. The third-order valence-electron chi connectivity index (χ3n) is 3.41. The number of carbonyl (C=O) groups is 1. The molecule has 0 spiro atoms. The number of amides is 1. The van der Waals surface area contributed by atoms with E-state index in [0.717, 1.165) is 21.3 Å². The topological polar surface area (TPSA) is 93.5 Å². The smallest absolute Gasteiger partial charge is 0.269 e. The van der Waals surface area contributed by atoms with Gasteiger partial charge in [-0.3, -0.25) is 20.2 Å². The van der Waals surface area contributed by atoms with E-state index in [1.54, 1.807) is 0 Å². The maximum atomic E-state index is 11.9. The van der Waals surface area contributed by atoms with E-state index >= 15 is 0 Å². The van der Waals surface area contributed by atoms with Crippen LogP contribution in [0.3, 0.4) is 0 Å². The average molecular weight is 438 g/mol. The third kappa shape index (κ3) is 5.50. The molecule has 136 valence electrons. The number of nitrogens with one attached hydrogen (secondary N) is 2. The van der Waals surface area contributed by atoms with E-state index in [2.05, 4.69) is 26.6 Å². The maximum absolute atomic E-state index is 11.9. The van der Waals surface area contributed by atoms with E-state index in [-0.39, 0.29) is 17.4 Å². The molecule has 0 atom stereocenters. The summed E-state index contributed by atoms with van der Waals surface area (Å²) >= 11 is 8.58. The summed E-state index contributed by atoms with van der Waals surface area (Å²) < 4.78 is 6.25. The van der Waals surface area contributed by atoms with Gasteiger partial charge in [0, 0.05) is 22.3 Å².